The highest BCUT2D eigenvalue weighted by Crippen LogP contribution is 2.34. The first kappa shape index (κ1) is 23.3. The minimum absolute atomic E-state index is 0.256. The molecular weight excluding hydrogens is 424 g/mol. The number of ether oxygens (including phenoxy) is 3. The van der Waals surface area contributed by atoms with Crippen molar-refractivity contribution in [3.63, 3.8) is 0 Å². The molecule has 10 heteroatoms. The fourth-order valence-corrected chi connectivity index (χ4v) is 4.24. The molecule has 0 aliphatic carbocycles. The second-order valence-electron chi connectivity index (χ2n) is 8.27. The van der Waals surface area contributed by atoms with Crippen LogP contribution >= 0.6 is 0 Å². The molecule has 2 aliphatic heterocycles. The molecule has 0 unspecified atom stereocenters. The van der Waals surface area contributed by atoms with Crippen molar-refractivity contribution in [2.75, 3.05) is 83.9 Å². The summed E-state index contributed by atoms with van der Waals surface area (Å²) in [4.78, 5) is 25.6. The molecule has 2 saturated heterocycles. The van der Waals surface area contributed by atoms with Crippen molar-refractivity contribution >= 4 is 28.6 Å². The number of amides is 1. The van der Waals surface area contributed by atoms with Crippen LogP contribution in [0, 0.1) is 0 Å². The lowest BCUT2D eigenvalue weighted by Crippen LogP contribution is -2.39. The summed E-state index contributed by atoms with van der Waals surface area (Å²) in [6.45, 7) is 7.44. The van der Waals surface area contributed by atoms with Crippen LogP contribution in [-0.2, 0) is 9.53 Å². The van der Waals surface area contributed by atoms with E-state index in [1.54, 1.807) is 14.2 Å². The van der Waals surface area contributed by atoms with Gasteiger partial charge in [0.25, 0.3) is 0 Å². The summed E-state index contributed by atoms with van der Waals surface area (Å²) < 4.78 is 16.4. The van der Waals surface area contributed by atoms with Gasteiger partial charge >= 0.3 is 0 Å². The molecule has 10 nitrogen and oxygen atoms in total. The van der Waals surface area contributed by atoms with Gasteiger partial charge in [0.2, 0.25) is 11.9 Å². The van der Waals surface area contributed by atoms with Crippen LogP contribution in [-0.4, -0.2) is 98.9 Å². The summed E-state index contributed by atoms with van der Waals surface area (Å²) in [6, 6.07) is 3.77. The standard InChI is InChI=1S/C23H34N6O4/c1-31-19-15-17-18(16-20(19)32-2)26-23(25-7-10-28-11-13-33-14-12-28)27-22(17)24-6-4-9-29-8-3-5-21(29)30/h15-16H,3-14H2,1-2H3,(H2,24,25,26,27). The Kier molecular flexibility index (Phi) is 8.01. The molecule has 2 N–H and O–H groups in total. The maximum atomic E-state index is 11.8. The van der Waals surface area contributed by atoms with Gasteiger partial charge in [-0.15, -0.1) is 0 Å². The van der Waals surface area contributed by atoms with E-state index in [4.69, 9.17) is 24.2 Å². The predicted molar refractivity (Wildman–Crippen MR) is 127 cm³/mol. The summed E-state index contributed by atoms with van der Waals surface area (Å²) in [6.07, 6.45) is 2.49. The van der Waals surface area contributed by atoms with Gasteiger partial charge in [0.1, 0.15) is 5.82 Å². The number of methoxy groups -OCH3 is 2. The van der Waals surface area contributed by atoms with Crippen molar-refractivity contribution in [3.05, 3.63) is 12.1 Å². The molecule has 1 aromatic carbocycles. The van der Waals surface area contributed by atoms with Gasteiger partial charge in [0.15, 0.2) is 11.5 Å². The topological polar surface area (TPSA) is 101 Å². The Morgan fingerprint density at radius 3 is 2.52 bits per heavy atom. The number of carbonyl (C=O) groups is 1. The van der Waals surface area contributed by atoms with Gasteiger partial charge in [-0.2, -0.15) is 4.98 Å². The molecule has 0 spiro atoms. The van der Waals surface area contributed by atoms with Gasteiger partial charge in [0.05, 0.1) is 33.0 Å². The van der Waals surface area contributed by atoms with Gasteiger partial charge in [-0.25, -0.2) is 4.98 Å². The molecule has 2 aliphatic rings. The number of nitrogens with one attached hydrogen (secondary N) is 2. The molecule has 4 rings (SSSR count). The minimum atomic E-state index is 0.256. The van der Waals surface area contributed by atoms with E-state index in [1.807, 2.05) is 17.0 Å². The summed E-state index contributed by atoms with van der Waals surface area (Å²) in [5, 5.41) is 7.67. The normalized spacial score (nSPS) is 16.9. The number of rotatable bonds is 11. The van der Waals surface area contributed by atoms with Crippen molar-refractivity contribution in [2.45, 2.75) is 19.3 Å². The summed E-state index contributed by atoms with van der Waals surface area (Å²) in [7, 11) is 3.23. The lowest BCUT2D eigenvalue weighted by Gasteiger charge is -2.26. The average molecular weight is 459 g/mol. The van der Waals surface area contributed by atoms with Gasteiger partial charge in [-0.05, 0) is 18.9 Å². The lowest BCUT2D eigenvalue weighted by molar-refractivity contribution is -0.127. The van der Waals surface area contributed by atoms with Gasteiger partial charge < -0.3 is 29.7 Å². The quantitative estimate of drug-likeness (QED) is 0.488. The summed E-state index contributed by atoms with van der Waals surface area (Å²) >= 11 is 0. The third-order valence-corrected chi connectivity index (χ3v) is 6.08. The van der Waals surface area contributed by atoms with Crippen LogP contribution in [0.2, 0.25) is 0 Å². The Bertz CT molecular complexity index is 950. The SMILES string of the molecule is COc1cc2nc(NCCN3CCOCC3)nc(NCCCN3CCCC3=O)c2cc1OC. The lowest BCUT2D eigenvalue weighted by atomic mass is 10.2. The van der Waals surface area contributed by atoms with Crippen molar-refractivity contribution in [1.29, 1.82) is 0 Å². The van der Waals surface area contributed by atoms with Crippen molar-refractivity contribution in [3.8, 4) is 11.5 Å². The first-order valence-corrected chi connectivity index (χ1v) is 11.7. The van der Waals surface area contributed by atoms with Crippen LogP contribution in [0.5, 0.6) is 11.5 Å². The Hall–Kier alpha value is -2.85. The monoisotopic (exact) mass is 458 g/mol. The van der Waals surface area contributed by atoms with Crippen LogP contribution in [0.3, 0.4) is 0 Å². The number of morpholine rings is 1. The van der Waals surface area contributed by atoms with Crippen molar-refractivity contribution in [1.82, 2.24) is 19.8 Å². The third kappa shape index (κ3) is 5.94. The van der Waals surface area contributed by atoms with E-state index in [0.29, 0.717) is 30.4 Å². The average Bonchev–Trinajstić information content (AvgIpc) is 3.26. The largest absolute Gasteiger partial charge is 0.493 e. The molecular formula is C23H34N6O4. The van der Waals surface area contributed by atoms with Crippen LogP contribution in [0.25, 0.3) is 10.9 Å². The zero-order valence-electron chi connectivity index (χ0n) is 19.6. The van der Waals surface area contributed by atoms with Gasteiger partial charge in [0, 0.05) is 63.7 Å². The number of likely N-dealkylation sites (tertiary alicyclic amines) is 1. The van der Waals surface area contributed by atoms with E-state index >= 15 is 0 Å². The molecule has 0 saturated carbocycles. The fourth-order valence-electron chi connectivity index (χ4n) is 4.24. The van der Waals surface area contributed by atoms with Crippen molar-refractivity contribution in [2.24, 2.45) is 0 Å². The second-order valence-corrected chi connectivity index (χ2v) is 8.27. The number of anilines is 2. The van der Waals surface area contributed by atoms with E-state index in [-0.39, 0.29) is 5.91 Å². The smallest absolute Gasteiger partial charge is 0.225 e. The Balaban J connectivity index is 1.46. The van der Waals surface area contributed by atoms with Crippen LogP contribution in [0.15, 0.2) is 12.1 Å². The maximum Gasteiger partial charge on any atom is 0.225 e. The maximum absolute atomic E-state index is 11.8. The number of benzene rings is 1. The second kappa shape index (κ2) is 11.3. The van der Waals surface area contributed by atoms with Crippen molar-refractivity contribution < 1.29 is 19.0 Å². The molecule has 0 radical (unpaired) electrons. The number of hydrogen-bond donors (Lipinski definition) is 2. The van der Waals surface area contributed by atoms with Gasteiger partial charge in [-0.1, -0.05) is 0 Å². The number of carbonyl (C=O) groups excluding carboxylic acids is 1. The molecule has 0 atom stereocenters. The van der Waals surface area contributed by atoms with Crippen LogP contribution < -0.4 is 20.1 Å². The van der Waals surface area contributed by atoms with E-state index in [1.165, 1.54) is 0 Å². The zero-order valence-corrected chi connectivity index (χ0v) is 19.6. The van der Waals surface area contributed by atoms with E-state index in [9.17, 15) is 4.79 Å². The third-order valence-electron chi connectivity index (χ3n) is 6.08. The Morgan fingerprint density at radius 1 is 1.00 bits per heavy atom. The molecule has 1 aromatic heterocycles. The molecule has 2 aromatic rings. The minimum Gasteiger partial charge on any atom is -0.493 e. The highest BCUT2D eigenvalue weighted by Gasteiger charge is 2.19. The Morgan fingerprint density at radius 2 is 1.79 bits per heavy atom. The molecule has 2 fully saturated rings. The summed E-state index contributed by atoms with van der Waals surface area (Å²) in [5.41, 5.74) is 0.772. The first-order chi connectivity index (χ1) is 16.2. The first-order valence-electron chi connectivity index (χ1n) is 11.7. The van der Waals surface area contributed by atoms with E-state index in [0.717, 1.165) is 82.0 Å². The molecule has 180 valence electrons. The molecule has 3 heterocycles. The molecule has 1 amide bonds. The number of nitrogens with zero attached hydrogens (tertiary/aromatic N) is 4. The van der Waals surface area contributed by atoms with E-state index < -0.39 is 0 Å². The Labute approximate surface area is 194 Å². The van der Waals surface area contributed by atoms with Gasteiger partial charge in [-0.3, -0.25) is 9.69 Å². The number of hydrogen-bond acceptors (Lipinski definition) is 9. The number of aromatic nitrogens is 2. The van der Waals surface area contributed by atoms with E-state index in [2.05, 4.69) is 15.5 Å². The highest BCUT2D eigenvalue weighted by molar-refractivity contribution is 5.92. The predicted octanol–water partition coefficient (Wildman–Crippen LogP) is 1.82. The summed E-state index contributed by atoms with van der Waals surface area (Å²) in [5.74, 6) is 2.82. The van der Waals surface area contributed by atoms with Crippen LogP contribution in [0.4, 0.5) is 11.8 Å². The zero-order chi connectivity index (χ0) is 23.0. The fraction of sp³-hybridized carbons (Fsp3) is 0.609. The molecule has 33 heavy (non-hydrogen) atoms. The van der Waals surface area contributed by atoms with Crippen LogP contribution in [0.1, 0.15) is 19.3 Å². The molecule has 0 bridgehead atoms. The number of fused-ring (bicyclic) bond motifs is 1. The highest BCUT2D eigenvalue weighted by atomic mass is 16.5.